The average molecular weight is 533 g/mol. The lowest BCUT2D eigenvalue weighted by Gasteiger charge is -2.47. The van der Waals surface area contributed by atoms with Crippen LogP contribution in [0, 0.1) is 12.3 Å². The van der Waals surface area contributed by atoms with E-state index in [0.717, 1.165) is 30.6 Å². The van der Waals surface area contributed by atoms with E-state index in [0.29, 0.717) is 19.3 Å². The number of terminal acetylenes is 1. The molecule has 7 aliphatic heterocycles. The van der Waals surface area contributed by atoms with Crippen LogP contribution in [-0.2, 0) is 33.2 Å². The standard InChI is InChI=1S/C28H33ClO8/c1-4-6-16(29)13-14-27-26-28(37-25(33-26)15-7-9-18(30-3)10-8-15)24(36-27)23-22(35-28)21(34-27)20-19(32-23)12-11-17(5-2)31-20/h1,7-10,16-17,19-26H,5-6,11-14H2,2-3H3/t16-,17-,19-,20-,21-,22-,23?,24-,25-,26-,27+,28-/m0/s1. The molecule has 37 heavy (non-hydrogen) atoms. The van der Waals surface area contributed by atoms with Crippen molar-refractivity contribution >= 4 is 11.6 Å². The third kappa shape index (κ3) is 3.63. The molecule has 0 N–H and O–H groups in total. The lowest BCUT2D eigenvalue weighted by molar-refractivity contribution is -0.328. The van der Waals surface area contributed by atoms with E-state index < -0.39 is 30.1 Å². The van der Waals surface area contributed by atoms with Crippen molar-refractivity contribution < 1.29 is 37.9 Å². The van der Waals surface area contributed by atoms with Gasteiger partial charge in [-0.15, -0.1) is 23.9 Å². The summed E-state index contributed by atoms with van der Waals surface area (Å²) >= 11 is 6.56. The normalized spacial score (nSPS) is 47.7. The molecule has 9 heteroatoms. The first kappa shape index (κ1) is 24.6. The minimum absolute atomic E-state index is 0.0758. The fraction of sp³-hybridized carbons (Fsp3) is 0.714. The predicted molar refractivity (Wildman–Crippen MR) is 131 cm³/mol. The minimum atomic E-state index is -1.15. The Kier molecular flexibility index (Phi) is 6.04. The van der Waals surface area contributed by atoms with Gasteiger partial charge >= 0.3 is 0 Å². The summed E-state index contributed by atoms with van der Waals surface area (Å²) in [7, 11) is 1.64. The molecule has 1 unspecified atom stereocenters. The van der Waals surface area contributed by atoms with E-state index in [1.54, 1.807) is 7.11 Å². The van der Waals surface area contributed by atoms with Gasteiger partial charge in [-0.2, -0.15) is 0 Å². The smallest absolute Gasteiger partial charge is 0.233 e. The Hall–Kier alpha value is -1.41. The number of hydrogen-bond acceptors (Lipinski definition) is 8. The number of rotatable bonds is 7. The highest BCUT2D eigenvalue weighted by atomic mass is 35.5. The molecule has 1 aromatic rings. The molecule has 1 aromatic carbocycles. The molecule has 0 saturated carbocycles. The molecule has 7 fully saturated rings. The van der Waals surface area contributed by atoms with Gasteiger partial charge in [0.1, 0.15) is 36.3 Å². The van der Waals surface area contributed by atoms with Gasteiger partial charge in [0.2, 0.25) is 11.6 Å². The van der Waals surface area contributed by atoms with E-state index in [1.165, 1.54) is 0 Å². The second-order valence-corrected chi connectivity index (χ2v) is 11.5. The number of halogens is 1. The zero-order valence-corrected chi connectivity index (χ0v) is 21.8. The number of hydrogen-bond donors (Lipinski definition) is 0. The molecule has 0 aromatic heterocycles. The first-order chi connectivity index (χ1) is 18.0. The summed E-state index contributed by atoms with van der Waals surface area (Å²) in [5.74, 6) is 1.13. The SMILES string of the molecule is C#CC[C@H](Cl)CC[C@]12O[C@H]3[C@H]4O[C@@H](CC)CC[C@@H]4OC4[C@H]3O[C@]3(O[C@@H](c5ccc(OC)cc5)O[C@@H]13)[C@H]4O2. The van der Waals surface area contributed by atoms with E-state index in [4.69, 9.17) is 55.9 Å². The number of ether oxygens (including phenoxy) is 8. The van der Waals surface area contributed by atoms with Gasteiger partial charge in [-0.1, -0.05) is 19.1 Å². The number of benzene rings is 1. The molecule has 7 aliphatic rings. The van der Waals surface area contributed by atoms with Crippen molar-refractivity contribution in [2.24, 2.45) is 0 Å². The van der Waals surface area contributed by atoms with Crippen molar-refractivity contribution in [3.05, 3.63) is 29.8 Å². The summed E-state index contributed by atoms with van der Waals surface area (Å²) in [4.78, 5) is 0. The molecule has 12 atom stereocenters. The maximum absolute atomic E-state index is 6.95. The lowest BCUT2D eigenvalue weighted by Crippen LogP contribution is -2.62. The van der Waals surface area contributed by atoms with E-state index >= 15 is 0 Å². The van der Waals surface area contributed by atoms with Gasteiger partial charge < -0.3 is 37.9 Å². The number of methoxy groups -OCH3 is 1. The number of alkyl halides is 1. The Morgan fingerprint density at radius 2 is 1.84 bits per heavy atom. The molecule has 0 radical (unpaired) electrons. The molecular weight excluding hydrogens is 500 g/mol. The van der Waals surface area contributed by atoms with Gasteiger partial charge in [0.05, 0.1) is 19.3 Å². The molecule has 0 aliphatic carbocycles. The second-order valence-electron chi connectivity index (χ2n) is 10.9. The molecule has 6 bridgehead atoms. The van der Waals surface area contributed by atoms with Crippen LogP contribution in [0.2, 0.25) is 0 Å². The Balaban J connectivity index is 1.24. The highest BCUT2D eigenvalue weighted by Crippen LogP contribution is 2.64. The van der Waals surface area contributed by atoms with Gasteiger partial charge in [-0.25, -0.2) is 0 Å². The quantitative estimate of drug-likeness (QED) is 0.387. The zero-order chi connectivity index (χ0) is 25.4. The molecule has 1 spiro atoms. The highest BCUT2D eigenvalue weighted by Gasteiger charge is 2.83. The van der Waals surface area contributed by atoms with Crippen molar-refractivity contribution in [3.63, 3.8) is 0 Å². The summed E-state index contributed by atoms with van der Waals surface area (Å²) in [6.45, 7) is 2.14. The molecule has 7 heterocycles. The van der Waals surface area contributed by atoms with Crippen molar-refractivity contribution in [1.82, 2.24) is 0 Å². The first-order valence-corrected chi connectivity index (χ1v) is 13.8. The summed E-state index contributed by atoms with van der Waals surface area (Å²) < 4.78 is 52.1. The van der Waals surface area contributed by atoms with Crippen LogP contribution in [0.5, 0.6) is 5.75 Å². The van der Waals surface area contributed by atoms with E-state index in [1.807, 2.05) is 24.3 Å². The van der Waals surface area contributed by atoms with Crippen LogP contribution in [0.3, 0.4) is 0 Å². The Morgan fingerprint density at radius 1 is 1.03 bits per heavy atom. The van der Waals surface area contributed by atoms with Crippen LogP contribution in [0.4, 0.5) is 0 Å². The van der Waals surface area contributed by atoms with Crippen LogP contribution in [0.1, 0.15) is 57.3 Å². The van der Waals surface area contributed by atoms with Crippen molar-refractivity contribution in [3.8, 4) is 18.1 Å². The monoisotopic (exact) mass is 532 g/mol. The van der Waals surface area contributed by atoms with E-state index in [9.17, 15) is 0 Å². The Bertz CT molecular complexity index is 1060. The van der Waals surface area contributed by atoms with Crippen LogP contribution in [-0.4, -0.2) is 72.9 Å². The van der Waals surface area contributed by atoms with Crippen LogP contribution in [0.25, 0.3) is 0 Å². The van der Waals surface area contributed by atoms with Crippen molar-refractivity contribution in [1.29, 1.82) is 0 Å². The van der Waals surface area contributed by atoms with Gasteiger partial charge in [0.15, 0.2) is 12.4 Å². The Labute approximate surface area is 222 Å². The predicted octanol–water partition coefficient (Wildman–Crippen LogP) is 3.83. The fourth-order valence-electron chi connectivity index (χ4n) is 6.98. The highest BCUT2D eigenvalue weighted by molar-refractivity contribution is 6.20. The van der Waals surface area contributed by atoms with Crippen molar-refractivity contribution in [2.75, 3.05) is 7.11 Å². The van der Waals surface area contributed by atoms with Gasteiger partial charge in [-0.3, -0.25) is 0 Å². The lowest BCUT2D eigenvalue weighted by atomic mass is 9.86. The first-order valence-electron chi connectivity index (χ1n) is 13.4. The van der Waals surface area contributed by atoms with Gasteiger partial charge in [0.25, 0.3) is 0 Å². The third-order valence-corrected chi connectivity index (χ3v) is 9.15. The van der Waals surface area contributed by atoms with E-state index in [-0.39, 0.29) is 42.0 Å². The maximum Gasteiger partial charge on any atom is 0.233 e. The maximum atomic E-state index is 6.95. The molecular formula is C28H33ClO8. The van der Waals surface area contributed by atoms with Gasteiger partial charge in [-0.05, 0) is 37.8 Å². The van der Waals surface area contributed by atoms with Crippen LogP contribution >= 0.6 is 11.6 Å². The zero-order valence-electron chi connectivity index (χ0n) is 21.0. The van der Waals surface area contributed by atoms with Crippen LogP contribution < -0.4 is 4.74 Å². The fourth-order valence-corrected chi connectivity index (χ4v) is 7.18. The largest absolute Gasteiger partial charge is 0.497 e. The molecule has 8 rings (SSSR count). The van der Waals surface area contributed by atoms with Gasteiger partial charge in [0, 0.05) is 23.8 Å². The summed E-state index contributed by atoms with van der Waals surface area (Å²) in [6.07, 6.45) is 6.87. The summed E-state index contributed by atoms with van der Waals surface area (Å²) in [6, 6.07) is 7.63. The molecule has 7 saturated heterocycles. The second kappa shape index (κ2) is 9.07. The molecule has 8 nitrogen and oxygen atoms in total. The minimum Gasteiger partial charge on any atom is -0.497 e. The van der Waals surface area contributed by atoms with Crippen LogP contribution in [0.15, 0.2) is 24.3 Å². The summed E-state index contributed by atoms with van der Waals surface area (Å²) in [5.41, 5.74) is 0.860. The Morgan fingerprint density at radius 3 is 2.59 bits per heavy atom. The number of fused-ring (bicyclic) bond motifs is 1. The third-order valence-electron chi connectivity index (χ3n) is 8.77. The molecule has 200 valence electrons. The average Bonchev–Trinajstić information content (AvgIpc) is 3.47. The van der Waals surface area contributed by atoms with E-state index in [2.05, 4.69) is 12.8 Å². The summed E-state index contributed by atoms with van der Waals surface area (Å²) in [5, 5.41) is -0.209. The molecule has 0 amide bonds. The topological polar surface area (TPSA) is 73.8 Å². The van der Waals surface area contributed by atoms with Crippen molar-refractivity contribution in [2.45, 2.75) is 118 Å².